The molecule has 2 heterocycles. The maximum Gasteiger partial charge on any atom is 0.255 e. The van der Waals surface area contributed by atoms with Gasteiger partial charge in [-0.3, -0.25) is 9.69 Å². The van der Waals surface area contributed by atoms with Crippen LogP contribution in [-0.4, -0.2) is 52.9 Å². The second-order valence-electron chi connectivity index (χ2n) is 10.2. The van der Waals surface area contributed by atoms with Crippen LogP contribution in [0.2, 0.25) is 0 Å². The minimum Gasteiger partial charge on any atom is -0.395 e. The summed E-state index contributed by atoms with van der Waals surface area (Å²) in [6.45, 7) is 3.94. The minimum atomic E-state index is -0.623. The molecule has 3 aromatic rings. The zero-order chi connectivity index (χ0) is 26.5. The van der Waals surface area contributed by atoms with Gasteiger partial charge < -0.3 is 25.0 Å². The molecule has 7 nitrogen and oxygen atoms in total. The number of benzene rings is 3. The van der Waals surface area contributed by atoms with E-state index in [1.54, 1.807) is 12.1 Å². The molecular weight excluding hydrogens is 480 g/mol. The third kappa shape index (κ3) is 5.98. The van der Waals surface area contributed by atoms with E-state index in [0.29, 0.717) is 17.8 Å². The lowest BCUT2D eigenvalue weighted by atomic mass is 9.90. The molecule has 5 unspecified atom stereocenters. The average Bonchev–Trinajstić information content (AvgIpc) is 3.42. The van der Waals surface area contributed by atoms with Gasteiger partial charge in [0.15, 0.2) is 6.29 Å². The highest BCUT2D eigenvalue weighted by Gasteiger charge is 2.40. The van der Waals surface area contributed by atoms with E-state index < -0.39 is 6.29 Å². The summed E-state index contributed by atoms with van der Waals surface area (Å²) in [6, 6.07) is 24.7. The van der Waals surface area contributed by atoms with Crippen LogP contribution < -0.4 is 5.32 Å². The van der Waals surface area contributed by atoms with Crippen molar-refractivity contribution in [2.75, 3.05) is 25.0 Å². The molecule has 7 heteroatoms. The predicted molar refractivity (Wildman–Crippen MR) is 145 cm³/mol. The van der Waals surface area contributed by atoms with Gasteiger partial charge in [0.05, 0.1) is 25.4 Å². The number of rotatable bonds is 8. The minimum absolute atomic E-state index is 0.00524. The van der Waals surface area contributed by atoms with Gasteiger partial charge in [-0.15, -0.1) is 0 Å². The number of carbonyl (C=O) groups is 1. The van der Waals surface area contributed by atoms with Crippen molar-refractivity contribution in [2.45, 2.75) is 50.9 Å². The lowest BCUT2D eigenvalue weighted by molar-refractivity contribution is -0.276. The molecule has 3 N–H and O–H groups in total. The van der Waals surface area contributed by atoms with E-state index >= 15 is 0 Å². The van der Waals surface area contributed by atoms with Crippen molar-refractivity contribution < 1.29 is 24.5 Å². The topological polar surface area (TPSA) is 91.3 Å². The monoisotopic (exact) mass is 516 g/mol. The fraction of sp³-hybridized carbons (Fsp3) is 0.387. The van der Waals surface area contributed by atoms with Crippen LogP contribution in [0.1, 0.15) is 59.2 Å². The maximum atomic E-state index is 12.7. The van der Waals surface area contributed by atoms with Crippen LogP contribution in [0, 0.1) is 5.92 Å². The zero-order valence-corrected chi connectivity index (χ0v) is 21.7. The first-order valence-corrected chi connectivity index (χ1v) is 13.4. The van der Waals surface area contributed by atoms with E-state index in [0.717, 1.165) is 36.1 Å². The van der Waals surface area contributed by atoms with Gasteiger partial charge in [0, 0.05) is 35.3 Å². The van der Waals surface area contributed by atoms with Gasteiger partial charge in [-0.1, -0.05) is 61.5 Å². The number of aliphatic hydroxyl groups is 2. The Morgan fingerprint density at radius 3 is 2.50 bits per heavy atom. The SMILES string of the molecule is CC1C(CN2CCCC2CO)OC(c2cccc(NC(=O)c3ccccc3)c2)OC1c1ccc(CO)cc1. The summed E-state index contributed by atoms with van der Waals surface area (Å²) in [7, 11) is 0. The third-order valence-corrected chi connectivity index (χ3v) is 7.70. The van der Waals surface area contributed by atoms with E-state index in [-0.39, 0.29) is 43.3 Å². The molecule has 2 aliphatic rings. The lowest BCUT2D eigenvalue weighted by Gasteiger charge is -2.43. The highest BCUT2D eigenvalue weighted by atomic mass is 16.7. The van der Waals surface area contributed by atoms with Crippen molar-refractivity contribution >= 4 is 11.6 Å². The molecule has 0 bridgehead atoms. The van der Waals surface area contributed by atoms with Gasteiger partial charge >= 0.3 is 0 Å². The van der Waals surface area contributed by atoms with Crippen molar-refractivity contribution in [1.82, 2.24) is 4.90 Å². The zero-order valence-electron chi connectivity index (χ0n) is 21.7. The van der Waals surface area contributed by atoms with Crippen LogP contribution in [0.25, 0.3) is 0 Å². The highest BCUT2D eigenvalue weighted by Crippen LogP contribution is 2.42. The Balaban J connectivity index is 1.39. The number of ether oxygens (including phenoxy) is 2. The molecule has 0 aliphatic carbocycles. The van der Waals surface area contributed by atoms with Crippen LogP contribution in [0.5, 0.6) is 0 Å². The first-order chi connectivity index (χ1) is 18.6. The molecule has 1 amide bonds. The van der Waals surface area contributed by atoms with Crippen LogP contribution in [-0.2, 0) is 16.1 Å². The molecule has 0 radical (unpaired) electrons. The molecule has 5 atom stereocenters. The van der Waals surface area contributed by atoms with Gasteiger partial charge in [0.25, 0.3) is 5.91 Å². The van der Waals surface area contributed by atoms with E-state index in [2.05, 4.69) is 17.1 Å². The van der Waals surface area contributed by atoms with Gasteiger partial charge in [0.1, 0.15) is 0 Å². The quantitative estimate of drug-likeness (QED) is 0.403. The molecule has 2 aliphatic heterocycles. The molecule has 2 fully saturated rings. The first-order valence-electron chi connectivity index (χ1n) is 13.4. The maximum absolute atomic E-state index is 12.7. The summed E-state index contributed by atoms with van der Waals surface area (Å²) in [6.07, 6.45) is 1.10. The van der Waals surface area contributed by atoms with Gasteiger partial charge in [-0.2, -0.15) is 0 Å². The summed E-state index contributed by atoms with van der Waals surface area (Å²) < 4.78 is 13.2. The molecule has 38 heavy (non-hydrogen) atoms. The van der Waals surface area contributed by atoms with Gasteiger partial charge in [0.2, 0.25) is 0 Å². The smallest absolute Gasteiger partial charge is 0.255 e. The standard InChI is InChI=1S/C31H36N2O5/c1-21-28(18-33-16-6-11-27(33)20-35)37-31(38-29(21)23-14-12-22(19-34)13-15-23)25-9-5-10-26(17-25)32-30(36)24-7-3-2-4-8-24/h2-5,7-10,12-15,17,21,27-29,31,34-35H,6,11,16,18-20H2,1H3,(H,32,36). The van der Waals surface area contributed by atoms with Crippen LogP contribution >= 0.6 is 0 Å². The number of amides is 1. The number of anilines is 1. The lowest BCUT2D eigenvalue weighted by Crippen LogP contribution is -2.46. The van der Waals surface area contributed by atoms with Crippen LogP contribution in [0.3, 0.4) is 0 Å². The van der Waals surface area contributed by atoms with E-state index in [4.69, 9.17) is 9.47 Å². The number of carbonyl (C=O) groups excluding carboxylic acids is 1. The van der Waals surface area contributed by atoms with Gasteiger partial charge in [-0.05, 0) is 54.8 Å². The molecule has 2 saturated heterocycles. The summed E-state index contributed by atoms with van der Waals surface area (Å²) >= 11 is 0. The molecule has 0 saturated carbocycles. The number of hydrogen-bond donors (Lipinski definition) is 3. The first kappa shape index (κ1) is 26.5. The van der Waals surface area contributed by atoms with Gasteiger partial charge in [-0.25, -0.2) is 0 Å². The number of likely N-dealkylation sites (tertiary alicyclic amines) is 1. The summed E-state index contributed by atoms with van der Waals surface area (Å²) in [4.78, 5) is 15.0. The summed E-state index contributed by atoms with van der Waals surface area (Å²) in [5.41, 5.74) is 3.97. The molecule has 5 rings (SSSR count). The Hall–Kier alpha value is -3.07. The van der Waals surface area contributed by atoms with E-state index in [1.165, 1.54) is 0 Å². The van der Waals surface area contributed by atoms with Crippen LogP contribution in [0.4, 0.5) is 5.69 Å². The Morgan fingerprint density at radius 2 is 1.76 bits per heavy atom. The van der Waals surface area contributed by atoms with E-state index in [1.807, 2.05) is 66.7 Å². The predicted octanol–water partition coefficient (Wildman–Crippen LogP) is 4.68. The summed E-state index contributed by atoms with van der Waals surface area (Å²) in [5, 5.41) is 22.3. The van der Waals surface area contributed by atoms with Crippen molar-refractivity contribution in [3.8, 4) is 0 Å². The Bertz CT molecular complexity index is 1200. The fourth-order valence-corrected chi connectivity index (χ4v) is 5.46. The second-order valence-corrected chi connectivity index (χ2v) is 10.2. The molecule has 200 valence electrons. The Labute approximate surface area is 224 Å². The number of aliphatic hydroxyl groups excluding tert-OH is 2. The van der Waals surface area contributed by atoms with Crippen molar-refractivity contribution in [1.29, 1.82) is 0 Å². The highest BCUT2D eigenvalue weighted by molar-refractivity contribution is 6.04. The van der Waals surface area contributed by atoms with Crippen molar-refractivity contribution in [3.05, 3.63) is 101 Å². The number of nitrogens with zero attached hydrogens (tertiary/aromatic N) is 1. The third-order valence-electron chi connectivity index (χ3n) is 7.70. The second kappa shape index (κ2) is 12.2. The molecule has 3 aromatic carbocycles. The fourth-order valence-electron chi connectivity index (χ4n) is 5.46. The van der Waals surface area contributed by atoms with Crippen molar-refractivity contribution in [3.63, 3.8) is 0 Å². The number of nitrogens with one attached hydrogen (secondary N) is 1. The molecule has 0 aromatic heterocycles. The summed E-state index contributed by atoms with van der Waals surface area (Å²) in [5.74, 6) is -0.113. The average molecular weight is 517 g/mol. The Morgan fingerprint density at radius 1 is 0.974 bits per heavy atom. The molecular formula is C31H36N2O5. The molecule has 0 spiro atoms. The van der Waals surface area contributed by atoms with Crippen molar-refractivity contribution in [2.24, 2.45) is 5.92 Å². The van der Waals surface area contributed by atoms with Crippen LogP contribution in [0.15, 0.2) is 78.9 Å². The van der Waals surface area contributed by atoms with E-state index in [9.17, 15) is 15.0 Å². The Kier molecular flexibility index (Phi) is 8.51. The number of hydrogen-bond acceptors (Lipinski definition) is 6. The largest absolute Gasteiger partial charge is 0.395 e. The normalized spacial score (nSPS) is 25.8.